The molecule has 150 valence electrons. The zero-order valence-corrected chi connectivity index (χ0v) is 20.1. The van der Waals surface area contributed by atoms with Crippen LogP contribution in [0.5, 0.6) is 0 Å². The number of aryl methyl sites for hydroxylation is 1. The standard InChI is InChI=1S/C16H26Cl2N4O2S.HI/c1-16(2,22-25(4,23)24)11-21-15(19-3)20-9-5-6-12-7-8-13(17)10-14(12)18;/h7-8,10,22H,5-6,9,11H2,1-4H3,(H2,19,20,21);1H. The molecule has 0 aromatic heterocycles. The van der Waals surface area contributed by atoms with Crippen molar-refractivity contribution in [1.29, 1.82) is 0 Å². The molecule has 1 aromatic rings. The van der Waals surface area contributed by atoms with E-state index in [-0.39, 0.29) is 24.0 Å². The fraction of sp³-hybridized carbons (Fsp3) is 0.562. The van der Waals surface area contributed by atoms with Crippen molar-refractivity contribution in [3.8, 4) is 0 Å². The lowest BCUT2D eigenvalue weighted by atomic mass is 10.1. The van der Waals surface area contributed by atoms with Gasteiger partial charge in [-0.25, -0.2) is 13.1 Å². The van der Waals surface area contributed by atoms with Crippen LogP contribution in [0.15, 0.2) is 23.2 Å². The number of nitrogens with one attached hydrogen (secondary N) is 3. The predicted octanol–water partition coefficient (Wildman–Crippen LogP) is 3.04. The summed E-state index contributed by atoms with van der Waals surface area (Å²) in [4.78, 5) is 4.13. The van der Waals surface area contributed by atoms with Gasteiger partial charge in [-0.1, -0.05) is 29.3 Å². The summed E-state index contributed by atoms with van der Waals surface area (Å²) in [6, 6.07) is 5.49. The van der Waals surface area contributed by atoms with E-state index in [0.717, 1.165) is 24.7 Å². The highest BCUT2D eigenvalue weighted by Gasteiger charge is 2.22. The van der Waals surface area contributed by atoms with E-state index in [0.29, 0.717) is 29.1 Å². The Hall–Kier alpha value is -0.290. The summed E-state index contributed by atoms with van der Waals surface area (Å²) in [7, 11) is -1.60. The predicted molar refractivity (Wildman–Crippen MR) is 122 cm³/mol. The largest absolute Gasteiger partial charge is 0.356 e. The van der Waals surface area contributed by atoms with Gasteiger partial charge >= 0.3 is 0 Å². The lowest BCUT2D eigenvalue weighted by Crippen LogP contribution is -2.53. The summed E-state index contributed by atoms with van der Waals surface area (Å²) >= 11 is 12.0. The zero-order valence-electron chi connectivity index (χ0n) is 15.4. The van der Waals surface area contributed by atoms with E-state index in [1.165, 1.54) is 0 Å². The van der Waals surface area contributed by atoms with Gasteiger partial charge in [-0.2, -0.15) is 0 Å². The molecule has 0 aliphatic rings. The molecule has 0 saturated carbocycles. The van der Waals surface area contributed by atoms with Gasteiger partial charge in [0.25, 0.3) is 0 Å². The molecule has 0 heterocycles. The fourth-order valence-corrected chi connectivity index (χ4v) is 3.85. The monoisotopic (exact) mass is 536 g/mol. The molecule has 0 atom stereocenters. The normalized spacial score (nSPS) is 12.5. The second-order valence-corrected chi connectivity index (χ2v) is 9.04. The summed E-state index contributed by atoms with van der Waals surface area (Å²) in [6.07, 6.45) is 2.83. The van der Waals surface area contributed by atoms with Crippen molar-refractivity contribution >= 4 is 63.2 Å². The van der Waals surface area contributed by atoms with E-state index >= 15 is 0 Å². The van der Waals surface area contributed by atoms with Crippen LogP contribution in [0.4, 0.5) is 0 Å². The lowest BCUT2D eigenvalue weighted by Gasteiger charge is -2.26. The number of benzene rings is 1. The van der Waals surface area contributed by atoms with E-state index in [1.54, 1.807) is 27.0 Å². The van der Waals surface area contributed by atoms with Crippen LogP contribution < -0.4 is 15.4 Å². The Kier molecular flexibility index (Phi) is 11.4. The minimum Gasteiger partial charge on any atom is -0.356 e. The highest BCUT2D eigenvalue weighted by Crippen LogP contribution is 2.21. The molecule has 0 spiro atoms. The molecule has 0 aliphatic carbocycles. The molecule has 0 saturated heterocycles. The third kappa shape index (κ3) is 10.8. The van der Waals surface area contributed by atoms with Crippen molar-refractivity contribution < 1.29 is 8.42 Å². The van der Waals surface area contributed by atoms with Gasteiger partial charge in [-0.3, -0.25) is 4.99 Å². The number of hydrogen-bond donors (Lipinski definition) is 3. The maximum atomic E-state index is 11.4. The molecule has 0 bridgehead atoms. The van der Waals surface area contributed by atoms with E-state index in [2.05, 4.69) is 20.3 Å². The minimum absolute atomic E-state index is 0. The van der Waals surface area contributed by atoms with Crippen molar-refractivity contribution in [2.45, 2.75) is 32.2 Å². The first-order valence-corrected chi connectivity index (χ1v) is 10.5. The van der Waals surface area contributed by atoms with Gasteiger partial charge in [0.2, 0.25) is 10.0 Å². The first-order valence-electron chi connectivity index (χ1n) is 7.90. The number of guanidine groups is 1. The molecule has 1 rings (SSSR count). The Bertz CT molecular complexity index is 712. The average molecular weight is 537 g/mol. The first-order chi connectivity index (χ1) is 11.5. The van der Waals surface area contributed by atoms with E-state index in [1.807, 2.05) is 12.1 Å². The number of hydrogen-bond acceptors (Lipinski definition) is 3. The molecule has 0 radical (unpaired) electrons. The van der Waals surface area contributed by atoms with E-state index in [4.69, 9.17) is 23.2 Å². The summed E-state index contributed by atoms with van der Waals surface area (Å²) in [5.41, 5.74) is 0.427. The Morgan fingerprint density at radius 3 is 2.42 bits per heavy atom. The molecule has 0 unspecified atom stereocenters. The second-order valence-electron chi connectivity index (χ2n) is 6.45. The number of nitrogens with zero attached hydrogens (tertiary/aromatic N) is 1. The minimum atomic E-state index is -3.27. The van der Waals surface area contributed by atoms with Gasteiger partial charge in [0.15, 0.2) is 5.96 Å². The number of rotatable bonds is 8. The molecular formula is C16H27Cl2IN4O2S. The molecule has 0 aliphatic heterocycles. The SMILES string of the molecule is CN=C(NCCCc1ccc(Cl)cc1Cl)NCC(C)(C)NS(C)(=O)=O.I. The summed E-state index contributed by atoms with van der Waals surface area (Å²) in [5.74, 6) is 0.616. The molecule has 3 N–H and O–H groups in total. The molecular weight excluding hydrogens is 510 g/mol. The summed E-state index contributed by atoms with van der Waals surface area (Å²) in [6.45, 7) is 4.72. The molecule has 26 heavy (non-hydrogen) atoms. The van der Waals surface area contributed by atoms with Crippen LogP contribution in [0.25, 0.3) is 0 Å². The van der Waals surface area contributed by atoms with Crippen molar-refractivity contribution in [3.05, 3.63) is 33.8 Å². The molecule has 0 amide bonds. The van der Waals surface area contributed by atoms with Gasteiger partial charge in [0.05, 0.1) is 6.26 Å². The van der Waals surface area contributed by atoms with Gasteiger partial charge in [-0.15, -0.1) is 24.0 Å². The van der Waals surface area contributed by atoms with Crippen LogP contribution >= 0.6 is 47.2 Å². The lowest BCUT2D eigenvalue weighted by molar-refractivity contribution is 0.446. The fourth-order valence-electron chi connectivity index (χ4n) is 2.27. The Morgan fingerprint density at radius 1 is 1.23 bits per heavy atom. The van der Waals surface area contributed by atoms with Crippen LogP contribution in [-0.2, 0) is 16.4 Å². The van der Waals surface area contributed by atoms with Crippen LogP contribution in [-0.4, -0.2) is 46.3 Å². The smallest absolute Gasteiger partial charge is 0.209 e. The molecule has 1 aromatic carbocycles. The highest BCUT2D eigenvalue weighted by atomic mass is 127. The maximum Gasteiger partial charge on any atom is 0.209 e. The van der Waals surface area contributed by atoms with Crippen LogP contribution in [0, 0.1) is 0 Å². The molecule has 0 fully saturated rings. The zero-order chi connectivity index (χ0) is 19.1. The van der Waals surface area contributed by atoms with Crippen molar-refractivity contribution in [2.75, 3.05) is 26.4 Å². The topological polar surface area (TPSA) is 82.6 Å². The van der Waals surface area contributed by atoms with Gasteiger partial charge < -0.3 is 10.6 Å². The van der Waals surface area contributed by atoms with Crippen molar-refractivity contribution in [1.82, 2.24) is 15.4 Å². The number of sulfonamides is 1. The van der Waals surface area contributed by atoms with E-state index in [9.17, 15) is 8.42 Å². The Morgan fingerprint density at radius 2 is 1.88 bits per heavy atom. The quantitative estimate of drug-likeness (QED) is 0.206. The van der Waals surface area contributed by atoms with Crippen molar-refractivity contribution in [3.63, 3.8) is 0 Å². The average Bonchev–Trinajstić information content (AvgIpc) is 2.46. The summed E-state index contributed by atoms with van der Waals surface area (Å²) < 4.78 is 25.3. The van der Waals surface area contributed by atoms with Crippen molar-refractivity contribution in [2.24, 2.45) is 4.99 Å². The van der Waals surface area contributed by atoms with E-state index < -0.39 is 15.6 Å². The van der Waals surface area contributed by atoms with Gasteiger partial charge in [0.1, 0.15) is 0 Å². The first kappa shape index (κ1) is 25.7. The number of aliphatic imine (C=N–C) groups is 1. The van der Waals surface area contributed by atoms with Crippen LogP contribution in [0.2, 0.25) is 10.0 Å². The molecule has 6 nitrogen and oxygen atoms in total. The highest BCUT2D eigenvalue weighted by molar-refractivity contribution is 14.0. The third-order valence-electron chi connectivity index (χ3n) is 3.31. The maximum absolute atomic E-state index is 11.4. The number of halogens is 3. The second kappa shape index (κ2) is 11.5. The summed E-state index contributed by atoms with van der Waals surface area (Å²) in [5, 5.41) is 7.61. The van der Waals surface area contributed by atoms with Crippen LogP contribution in [0.3, 0.4) is 0 Å². The Balaban J connectivity index is 0.00000625. The van der Waals surface area contributed by atoms with Crippen LogP contribution in [0.1, 0.15) is 25.8 Å². The third-order valence-corrected chi connectivity index (χ3v) is 4.82. The Labute approximate surface area is 183 Å². The van der Waals surface area contributed by atoms with Gasteiger partial charge in [-0.05, 0) is 44.4 Å². The van der Waals surface area contributed by atoms with Gasteiger partial charge in [0, 0.05) is 35.7 Å². The molecule has 10 heteroatoms.